The van der Waals surface area contributed by atoms with E-state index in [4.69, 9.17) is 0 Å². The minimum atomic E-state index is 0.172. The van der Waals surface area contributed by atoms with E-state index in [-0.39, 0.29) is 17.9 Å². The molecule has 1 N–H and O–H groups in total. The molecule has 2 aliphatic heterocycles. The van der Waals surface area contributed by atoms with Gasteiger partial charge in [-0.2, -0.15) is 0 Å². The van der Waals surface area contributed by atoms with Crippen molar-refractivity contribution in [2.45, 2.75) is 51.0 Å². The van der Waals surface area contributed by atoms with Crippen LogP contribution in [0.25, 0.3) is 0 Å². The molecule has 5 nitrogen and oxygen atoms in total. The van der Waals surface area contributed by atoms with Crippen LogP contribution >= 0.6 is 11.3 Å². The summed E-state index contributed by atoms with van der Waals surface area (Å²) in [7, 11) is 0. The van der Waals surface area contributed by atoms with Crippen molar-refractivity contribution in [1.29, 1.82) is 0 Å². The fourth-order valence-corrected chi connectivity index (χ4v) is 5.55. The summed E-state index contributed by atoms with van der Waals surface area (Å²) in [6, 6.07) is 2.33. The number of hydrogen-bond acceptors (Lipinski definition) is 4. The molecular weight excluding hydrogens is 334 g/mol. The molecule has 4 rings (SSSR count). The first-order chi connectivity index (χ1) is 12.2. The Morgan fingerprint density at radius 3 is 2.92 bits per heavy atom. The number of likely N-dealkylation sites (tertiary alicyclic amines) is 1. The third-order valence-electron chi connectivity index (χ3n) is 5.71. The summed E-state index contributed by atoms with van der Waals surface area (Å²) in [6.45, 7) is 3.56. The fraction of sp³-hybridized carbons (Fsp3) is 0.684. The molecule has 0 radical (unpaired) electrons. The van der Waals surface area contributed by atoms with Gasteiger partial charge in [0.25, 0.3) is 5.91 Å². The summed E-state index contributed by atoms with van der Waals surface area (Å²) in [5.74, 6) is 0.346. The van der Waals surface area contributed by atoms with Crippen molar-refractivity contribution in [1.82, 2.24) is 15.1 Å². The smallest absolute Gasteiger partial charge is 0.264 e. The summed E-state index contributed by atoms with van der Waals surface area (Å²) in [5, 5.41) is 3.13. The number of carbonyl (C=O) groups is 2. The standard InChI is InChI=1S/C19H27N3O2S/c23-18-12-20-8-10-22(18)15-6-4-9-21(13-15)19(24)17-11-14-5-2-1-3-7-16(14)25-17/h11,15,20H,1-10,12-13H2. The highest BCUT2D eigenvalue weighted by Crippen LogP contribution is 2.30. The molecule has 3 heterocycles. The minimum absolute atomic E-state index is 0.172. The van der Waals surface area contributed by atoms with Crippen LogP contribution in [0.4, 0.5) is 0 Å². The number of hydrogen-bond donors (Lipinski definition) is 1. The van der Waals surface area contributed by atoms with Crippen molar-refractivity contribution in [2.24, 2.45) is 0 Å². The molecule has 3 aliphatic rings. The quantitative estimate of drug-likeness (QED) is 0.821. The highest BCUT2D eigenvalue weighted by atomic mass is 32.1. The van der Waals surface area contributed by atoms with E-state index in [1.807, 2.05) is 9.80 Å². The first-order valence-corrected chi connectivity index (χ1v) is 10.4. The number of rotatable bonds is 2. The molecule has 136 valence electrons. The van der Waals surface area contributed by atoms with Gasteiger partial charge in [-0.15, -0.1) is 11.3 Å². The van der Waals surface area contributed by atoms with Crippen LogP contribution in [0, 0.1) is 0 Å². The zero-order valence-corrected chi connectivity index (χ0v) is 15.6. The molecule has 6 heteroatoms. The van der Waals surface area contributed by atoms with Gasteiger partial charge in [-0.3, -0.25) is 9.59 Å². The van der Waals surface area contributed by atoms with Crippen molar-refractivity contribution in [2.75, 3.05) is 32.7 Å². The van der Waals surface area contributed by atoms with Crippen LogP contribution in [0.1, 0.15) is 52.2 Å². The van der Waals surface area contributed by atoms with Crippen LogP contribution in [0.2, 0.25) is 0 Å². The molecule has 1 aliphatic carbocycles. The Hall–Kier alpha value is -1.40. The summed E-state index contributed by atoms with van der Waals surface area (Å²) in [5.41, 5.74) is 1.40. The first-order valence-electron chi connectivity index (χ1n) is 9.63. The lowest BCUT2D eigenvalue weighted by molar-refractivity contribution is -0.135. The van der Waals surface area contributed by atoms with Crippen LogP contribution in [0.5, 0.6) is 0 Å². The van der Waals surface area contributed by atoms with Gasteiger partial charge in [0.2, 0.25) is 5.91 Å². The van der Waals surface area contributed by atoms with Crippen LogP contribution in [-0.2, 0) is 17.6 Å². The second-order valence-corrected chi connectivity index (χ2v) is 8.57. The lowest BCUT2D eigenvalue weighted by Gasteiger charge is -2.41. The molecule has 1 aromatic rings. The maximum absolute atomic E-state index is 13.0. The van der Waals surface area contributed by atoms with Gasteiger partial charge in [0.1, 0.15) is 0 Å². The number of fused-ring (bicyclic) bond motifs is 1. The second-order valence-electron chi connectivity index (χ2n) is 7.43. The fourth-order valence-electron chi connectivity index (χ4n) is 4.33. The van der Waals surface area contributed by atoms with E-state index >= 15 is 0 Å². The van der Waals surface area contributed by atoms with Gasteiger partial charge in [0, 0.05) is 37.1 Å². The first kappa shape index (κ1) is 17.0. The molecule has 1 unspecified atom stereocenters. The van der Waals surface area contributed by atoms with Gasteiger partial charge in [0.15, 0.2) is 0 Å². The summed E-state index contributed by atoms with van der Waals surface area (Å²) in [6.07, 6.45) is 8.04. The van der Waals surface area contributed by atoms with Crippen molar-refractivity contribution in [3.8, 4) is 0 Å². The van der Waals surface area contributed by atoms with Crippen LogP contribution < -0.4 is 5.32 Å². The van der Waals surface area contributed by atoms with Crippen molar-refractivity contribution in [3.05, 3.63) is 21.4 Å². The molecule has 2 fully saturated rings. The Kier molecular flexibility index (Phi) is 5.08. The maximum atomic E-state index is 13.0. The topological polar surface area (TPSA) is 52.7 Å². The molecule has 0 spiro atoms. The average molecular weight is 362 g/mol. The predicted octanol–water partition coefficient (Wildman–Crippen LogP) is 2.05. The van der Waals surface area contributed by atoms with Gasteiger partial charge >= 0.3 is 0 Å². The molecule has 25 heavy (non-hydrogen) atoms. The van der Waals surface area contributed by atoms with E-state index in [1.54, 1.807) is 11.3 Å². The SMILES string of the molecule is O=C(c1cc2c(s1)CCCCC2)N1CCCC(N2CCNCC2=O)C1. The number of nitrogens with one attached hydrogen (secondary N) is 1. The number of thiophene rings is 1. The Balaban J connectivity index is 1.45. The van der Waals surface area contributed by atoms with Crippen LogP contribution in [-0.4, -0.2) is 60.4 Å². The summed E-state index contributed by atoms with van der Waals surface area (Å²) in [4.78, 5) is 31.5. The Morgan fingerprint density at radius 1 is 1.16 bits per heavy atom. The minimum Gasteiger partial charge on any atom is -0.336 e. The van der Waals surface area contributed by atoms with Crippen molar-refractivity contribution >= 4 is 23.2 Å². The number of piperazine rings is 1. The van der Waals surface area contributed by atoms with E-state index in [0.29, 0.717) is 13.1 Å². The number of carbonyl (C=O) groups excluding carboxylic acids is 2. The highest BCUT2D eigenvalue weighted by molar-refractivity contribution is 7.14. The molecule has 2 saturated heterocycles. The average Bonchev–Trinajstić information content (AvgIpc) is 2.92. The van der Waals surface area contributed by atoms with Crippen molar-refractivity contribution in [3.63, 3.8) is 0 Å². The maximum Gasteiger partial charge on any atom is 0.264 e. The van der Waals surface area contributed by atoms with Crippen molar-refractivity contribution < 1.29 is 9.59 Å². The Morgan fingerprint density at radius 2 is 2.04 bits per heavy atom. The lowest BCUT2D eigenvalue weighted by atomic mass is 10.0. The van der Waals surface area contributed by atoms with Gasteiger partial charge < -0.3 is 15.1 Å². The molecular formula is C19H27N3O2S. The molecule has 1 aromatic heterocycles. The number of amides is 2. The van der Waals surface area contributed by atoms with Gasteiger partial charge in [-0.1, -0.05) is 6.42 Å². The lowest BCUT2D eigenvalue weighted by Crippen LogP contribution is -2.57. The normalized spacial score (nSPS) is 24.8. The highest BCUT2D eigenvalue weighted by Gasteiger charge is 2.32. The van der Waals surface area contributed by atoms with E-state index in [1.165, 1.54) is 29.7 Å². The van der Waals surface area contributed by atoms with E-state index < -0.39 is 0 Å². The second kappa shape index (κ2) is 7.46. The zero-order chi connectivity index (χ0) is 17.2. The van der Waals surface area contributed by atoms with Crippen LogP contribution in [0.3, 0.4) is 0 Å². The van der Waals surface area contributed by atoms with Gasteiger partial charge in [0.05, 0.1) is 11.4 Å². The third-order valence-corrected chi connectivity index (χ3v) is 6.93. The Labute approximate surface area is 153 Å². The molecule has 0 bridgehead atoms. The molecule has 1 atom stereocenters. The third kappa shape index (κ3) is 3.60. The van der Waals surface area contributed by atoms with Gasteiger partial charge in [-0.05, 0) is 50.2 Å². The Bertz CT molecular complexity index is 634. The summed E-state index contributed by atoms with van der Waals surface area (Å²) >= 11 is 1.71. The number of piperidine rings is 1. The van der Waals surface area contributed by atoms with E-state index in [0.717, 1.165) is 50.2 Å². The van der Waals surface area contributed by atoms with Gasteiger partial charge in [-0.25, -0.2) is 0 Å². The van der Waals surface area contributed by atoms with E-state index in [2.05, 4.69) is 11.4 Å². The molecule has 0 aromatic carbocycles. The zero-order valence-electron chi connectivity index (χ0n) is 14.8. The molecule has 0 saturated carbocycles. The monoisotopic (exact) mass is 361 g/mol. The predicted molar refractivity (Wildman–Crippen MR) is 99.1 cm³/mol. The number of aryl methyl sites for hydroxylation is 2. The van der Waals surface area contributed by atoms with Crippen LogP contribution in [0.15, 0.2) is 6.07 Å². The van der Waals surface area contributed by atoms with E-state index in [9.17, 15) is 9.59 Å². The summed E-state index contributed by atoms with van der Waals surface area (Å²) < 4.78 is 0. The molecule has 2 amide bonds. The number of nitrogens with zero attached hydrogens (tertiary/aromatic N) is 2. The largest absolute Gasteiger partial charge is 0.336 e.